The molecule has 1 aromatic heterocycles. The van der Waals surface area contributed by atoms with E-state index >= 15 is 0 Å². The van der Waals surface area contributed by atoms with E-state index in [9.17, 15) is 0 Å². The smallest absolute Gasteiger partial charge is 0.0861 e. The molecule has 0 aliphatic carbocycles. The second-order valence-electron chi connectivity index (χ2n) is 4.32. The first-order valence-corrected chi connectivity index (χ1v) is 8.50. The summed E-state index contributed by atoms with van der Waals surface area (Å²) in [7, 11) is -0.625. The molecule has 0 saturated heterocycles. The fraction of sp³-hybridized carbons (Fsp3) is 0. The highest BCUT2D eigenvalue weighted by Gasteiger charge is 2.19. The highest BCUT2D eigenvalue weighted by Crippen LogP contribution is 2.34. The summed E-state index contributed by atoms with van der Waals surface area (Å²) in [5, 5.41) is 2.63. The van der Waals surface area contributed by atoms with E-state index in [0.717, 1.165) is 9.91 Å². The molecule has 20 heavy (non-hydrogen) atoms. The Morgan fingerprint density at radius 2 is 1.25 bits per heavy atom. The summed E-state index contributed by atoms with van der Waals surface area (Å²) >= 11 is 3.65. The summed E-state index contributed by atoms with van der Waals surface area (Å²) in [4.78, 5) is 4.61. The number of nitrogens with zero attached hydrogens (tertiary/aromatic N) is 1. The molecule has 0 aliphatic heterocycles. The Kier molecular flexibility index (Phi) is 4.25. The number of aromatic nitrogens is 1. The highest BCUT2D eigenvalue weighted by atomic mass is 79.9. The fourth-order valence-electron chi connectivity index (χ4n) is 2.09. The third kappa shape index (κ3) is 2.82. The van der Waals surface area contributed by atoms with Crippen LogP contribution in [0.5, 0.6) is 0 Å². The number of halogens is 1. The van der Waals surface area contributed by atoms with Crippen molar-refractivity contribution in [2.75, 3.05) is 0 Å². The summed E-state index contributed by atoms with van der Waals surface area (Å²) in [6, 6.07) is 25.2. The minimum absolute atomic E-state index is 0.625. The Morgan fingerprint density at radius 1 is 0.700 bits per heavy atom. The second-order valence-corrected chi connectivity index (χ2v) is 7.30. The Hall–Kier alpha value is -1.50. The first-order valence-electron chi connectivity index (χ1n) is 6.37. The van der Waals surface area contributed by atoms with Gasteiger partial charge in [0.05, 0.1) is 5.44 Å². The minimum atomic E-state index is -0.625. The molecule has 98 valence electrons. The van der Waals surface area contributed by atoms with Gasteiger partial charge in [-0.3, -0.25) is 4.98 Å². The molecule has 0 spiro atoms. The van der Waals surface area contributed by atoms with Gasteiger partial charge >= 0.3 is 0 Å². The molecule has 2 aromatic carbocycles. The first kappa shape index (κ1) is 13.5. The average Bonchev–Trinajstić information content (AvgIpc) is 2.52. The number of hydrogen-bond acceptors (Lipinski definition) is 1. The van der Waals surface area contributed by atoms with E-state index in [0.29, 0.717) is 0 Å². The maximum Gasteiger partial charge on any atom is 0.0861 e. The number of benzene rings is 2. The molecule has 0 aliphatic rings. The van der Waals surface area contributed by atoms with Gasteiger partial charge < -0.3 is 0 Å². The molecule has 0 unspecified atom stereocenters. The summed E-state index contributed by atoms with van der Waals surface area (Å²) in [5.41, 5.74) is 1.11. The van der Waals surface area contributed by atoms with Crippen molar-refractivity contribution in [3.05, 3.63) is 83.5 Å². The van der Waals surface area contributed by atoms with Gasteiger partial charge in [-0.05, 0) is 38.7 Å². The third-order valence-electron chi connectivity index (χ3n) is 2.98. The SMILES string of the molecule is Brc1cccnc1P(c1ccccc1)c1ccccc1. The van der Waals surface area contributed by atoms with Crippen molar-refractivity contribution in [2.45, 2.75) is 0 Å². The topological polar surface area (TPSA) is 12.9 Å². The van der Waals surface area contributed by atoms with Crippen molar-refractivity contribution in [1.29, 1.82) is 0 Å². The number of pyridine rings is 1. The monoisotopic (exact) mass is 341 g/mol. The molecule has 0 radical (unpaired) electrons. The van der Waals surface area contributed by atoms with Gasteiger partial charge in [0.2, 0.25) is 0 Å². The summed E-state index contributed by atoms with van der Waals surface area (Å²) in [6.07, 6.45) is 1.86. The van der Waals surface area contributed by atoms with Crippen LogP contribution in [0.1, 0.15) is 0 Å². The molecule has 3 aromatic rings. The van der Waals surface area contributed by atoms with Gasteiger partial charge in [0.15, 0.2) is 0 Å². The van der Waals surface area contributed by atoms with Gasteiger partial charge in [0.25, 0.3) is 0 Å². The van der Waals surface area contributed by atoms with E-state index in [2.05, 4.69) is 87.6 Å². The summed E-state index contributed by atoms with van der Waals surface area (Å²) < 4.78 is 1.07. The van der Waals surface area contributed by atoms with E-state index in [1.807, 2.05) is 12.3 Å². The quantitative estimate of drug-likeness (QED) is 0.663. The largest absolute Gasteiger partial charge is 0.255 e. The van der Waals surface area contributed by atoms with E-state index < -0.39 is 7.92 Å². The molecular formula is C17H13BrNP. The van der Waals surface area contributed by atoms with Gasteiger partial charge in [0.1, 0.15) is 0 Å². The lowest BCUT2D eigenvalue weighted by molar-refractivity contribution is 1.37. The Bertz CT molecular complexity index is 646. The molecule has 0 atom stereocenters. The lowest BCUT2D eigenvalue weighted by Gasteiger charge is -2.19. The molecule has 3 heteroatoms. The number of hydrogen-bond donors (Lipinski definition) is 0. The normalized spacial score (nSPS) is 10.7. The van der Waals surface area contributed by atoms with Crippen LogP contribution >= 0.6 is 23.9 Å². The zero-order valence-electron chi connectivity index (χ0n) is 10.8. The van der Waals surface area contributed by atoms with Gasteiger partial charge in [0, 0.05) is 18.6 Å². The zero-order valence-corrected chi connectivity index (χ0v) is 13.3. The highest BCUT2D eigenvalue weighted by molar-refractivity contribution is 9.10. The zero-order chi connectivity index (χ0) is 13.8. The minimum Gasteiger partial charge on any atom is -0.255 e. The Balaban J connectivity index is 2.17. The van der Waals surface area contributed by atoms with Crippen LogP contribution < -0.4 is 16.0 Å². The van der Waals surface area contributed by atoms with E-state index in [-0.39, 0.29) is 0 Å². The van der Waals surface area contributed by atoms with Crippen LogP contribution in [-0.2, 0) is 0 Å². The van der Waals surface area contributed by atoms with E-state index in [4.69, 9.17) is 0 Å². The first-order chi connectivity index (χ1) is 9.86. The molecule has 1 heterocycles. The molecule has 0 bridgehead atoms. The lowest BCUT2D eigenvalue weighted by atomic mass is 10.4. The van der Waals surface area contributed by atoms with Crippen molar-refractivity contribution in [3.8, 4) is 0 Å². The molecule has 3 rings (SSSR count). The van der Waals surface area contributed by atoms with Crippen molar-refractivity contribution in [1.82, 2.24) is 4.98 Å². The number of rotatable bonds is 3. The molecule has 1 nitrogen and oxygen atoms in total. The van der Waals surface area contributed by atoms with Crippen LogP contribution in [0.25, 0.3) is 0 Å². The van der Waals surface area contributed by atoms with E-state index in [1.165, 1.54) is 10.6 Å². The van der Waals surface area contributed by atoms with Crippen LogP contribution in [-0.4, -0.2) is 4.98 Å². The third-order valence-corrected chi connectivity index (χ3v) is 6.34. The standard InChI is InChI=1S/C17H13BrNP/c18-16-12-7-13-19-17(16)20(14-8-3-1-4-9-14)15-10-5-2-6-11-15/h1-13H. The molecule has 0 fully saturated rings. The Morgan fingerprint density at radius 3 is 1.75 bits per heavy atom. The van der Waals surface area contributed by atoms with Crippen molar-refractivity contribution in [3.63, 3.8) is 0 Å². The molecule has 0 saturated carbocycles. The van der Waals surface area contributed by atoms with Gasteiger partial charge in [-0.15, -0.1) is 0 Å². The fourth-order valence-corrected chi connectivity index (χ4v) is 5.07. The molecule has 0 N–H and O–H groups in total. The summed E-state index contributed by atoms with van der Waals surface area (Å²) in [5.74, 6) is 0. The van der Waals surface area contributed by atoms with Crippen LogP contribution in [0.15, 0.2) is 83.5 Å². The van der Waals surface area contributed by atoms with Gasteiger partial charge in [-0.25, -0.2) is 0 Å². The van der Waals surface area contributed by atoms with Crippen molar-refractivity contribution >= 4 is 39.9 Å². The van der Waals surface area contributed by atoms with Gasteiger partial charge in [-0.2, -0.15) is 0 Å². The Labute approximate surface area is 128 Å². The summed E-state index contributed by atoms with van der Waals surface area (Å²) in [6.45, 7) is 0. The second kappa shape index (κ2) is 6.30. The molecular weight excluding hydrogens is 329 g/mol. The van der Waals surface area contributed by atoms with Crippen LogP contribution in [0.3, 0.4) is 0 Å². The van der Waals surface area contributed by atoms with Crippen LogP contribution in [0.2, 0.25) is 0 Å². The maximum atomic E-state index is 4.61. The van der Waals surface area contributed by atoms with Gasteiger partial charge in [-0.1, -0.05) is 60.7 Å². The van der Waals surface area contributed by atoms with Crippen LogP contribution in [0.4, 0.5) is 0 Å². The average molecular weight is 342 g/mol. The van der Waals surface area contributed by atoms with Crippen LogP contribution in [0, 0.1) is 0 Å². The van der Waals surface area contributed by atoms with E-state index in [1.54, 1.807) is 0 Å². The maximum absolute atomic E-state index is 4.61. The predicted molar refractivity (Wildman–Crippen MR) is 90.6 cm³/mol. The van der Waals surface area contributed by atoms with Crippen molar-refractivity contribution < 1.29 is 0 Å². The lowest BCUT2D eigenvalue weighted by Crippen LogP contribution is -2.23. The van der Waals surface area contributed by atoms with Crippen molar-refractivity contribution in [2.24, 2.45) is 0 Å². The predicted octanol–water partition coefficient (Wildman–Crippen LogP) is 3.60. The molecule has 0 amide bonds.